The Balaban J connectivity index is 1.26. The third kappa shape index (κ3) is 6.61. The van der Waals surface area contributed by atoms with Gasteiger partial charge in [0.05, 0.1) is 11.4 Å². The van der Waals surface area contributed by atoms with Crippen molar-refractivity contribution in [2.24, 2.45) is 0 Å². The van der Waals surface area contributed by atoms with E-state index >= 15 is 0 Å². The summed E-state index contributed by atoms with van der Waals surface area (Å²) >= 11 is 0. The summed E-state index contributed by atoms with van der Waals surface area (Å²) in [5.41, 5.74) is 16.3. The fourth-order valence-electron chi connectivity index (χ4n) is 8.35. The van der Waals surface area contributed by atoms with Crippen molar-refractivity contribution in [2.75, 3.05) is 14.7 Å². The Morgan fingerprint density at radius 3 is 1.18 bits per heavy atom. The van der Waals surface area contributed by atoms with E-state index in [4.69, 9.17) is 9.97 Å². The van der Waals surface area contributed by atoms with Crippen LogP contribution in [0.4, 0.5) is 51.2 Å². The zero-order valence-corrected chi connectivity index (χ0v) is 33.1. The van der Waals surface area contributed by atoms with Crippen molar-refractivity contribution in [1.29, 1.82) is 0 Å². The van der Waals surface area contributed by atoms with Gasteiger partial charge in [-0.3, -0.25) is 0 Å². The van der Waals surface area contributed by atoms with Crippen LogP contribution in [0.25, 0.3) is 11.4 Å². The van der Waals surface area contributed by atoms with Gasteiger partial charge in [-0.1, -0.05) is 86.6 Å². The Kier molecular flexibility index (Phi) is 9.14. The zero-order valence-electron chi connectivity index (χ0n) is 33.1. The molecule has 0 N–H and O–H groups in total. The maximum absolute atomic E-state index is 4.80. The molecular formula is C52H45N5. The maximum Gasteiger partial charge on any atom is 0.159 e. The molecule has 2 heterocycles. The van der Waals surface area contributed by atoms with E-state index in [-0.39, 0.29) is 5.41 Å². The molecule has 0 spiro atoms. The monoisotopic (exact) mass is 739 g/mol. The first-order valence-corrected chi connectivity index (χ1v) is 19.6. The van der Waals surface area contributed by atoms with Gasteiger partial charge in [0.1, 0.15) is 0 Å². The molecule has 0 saturated carbocycles. The Morgan fingerprint density at radius 1 is 0.404 bits per heavy atom. The largest absolute Gasteiger partial charge is 0.310 e. The van der Waals surface area contributed by atoms with Crippen molar-refractivity contribution >= 4 is 51.2 Å². The average Bonchev–Trinajstić information content (AvgIpc) is 3.23. The summed E-state index contributed by atoms with van der Waals surface area (Å²) in [5.74, 6) is 0.751. The predicted molar refractivity (Wildman–Crippen MR) is 238 cm³/mol. The molecule has 0 aliphatic carbocycles. The lowest BCUT2D eigenvalue weighted by atomic mass is 9.73. The Bertz CT molecular complexity index is 2460. The highest BCUT2D eigenvalue weighted by Crippen LogP contribution is 2.55. The van der Waals surface area contributed by atoms with Gasteiger partial charge in [-0.25, -0.2) is 9.97 Å². The van der Waals surface area contributed by atoms with Crippen LogP contribution in [0, 0.1) is 20.8 Å². The van der Waals surface area contributed by atoms with Gasteiger partial charge in [-0.05, 0) is 147 Å². The second-order valence-electron chi connectivity index (χ2n) is 15.4. The van der Waals surface area contributed by atoms with Gasteiger partial charge >= 0.3 is 0 Å². The van der Waals surface area contributed by atoms with Crippen molar-refractivity contribution in [1.82, 2.24) is 9.97 Å². The lowest BCUT2D eigenvalue weighted by Crippen LogP contribution is -2.31. The van der Waals surface area contributed by atoms with E-state index in [2.05, 4.69) is 211 Å². The molecule has 0 amide bonds. The average molecular weight is 740 g/mol. The molecule has 1 aliphatic heterocycles. The molecule has 9 rings (SSSR count). The van der Waals surface area contributed by atoms with Gasteiger partial charge in [0.15, 0.2) is 5.82 Å². The maximum atomic E-state index is 4.80. The summed E-state index contributed by atoms with van der Waals surface area (Å²) < 4.78 is 0. The minimum Gasteiger partial charge on any atom is -0.310 e. The fraction of sp³-hybridized carbons (Fsp3) is 0.115. The number of fused-ring (bicyclic) bond motifs is 2. The Morgan fingerprint density at radius 2 is 0.789 bits per heavy atom. The van der Waals surface area contributed by atoms with Crippen LogP contribution in [0.5, 0.6) is 0 Å². The van der Waals surface area contributed by atoms with E-state index in [9.17, 15) is 0 Å². The highest BCUT2D eigenvalue weighted by molar-refractivity contribution is 5.91. The number of benzene rings is 7. The topological polar surface area (TPSA) is 35.5 Å². The van der Waals surface area contributed by atoms with Crippen LogP contribution in [0.1, 0.15) is 41.9 Å². The van der Waals surface area contributed by atoms with Crippen molar-refractivity contribution in [3.63, 3.8) is 0 Å². The third-order valence-corrected chi connectivity index (χ3v) is 11.0. The zero-order chi connectivity index (χ0) is 39.1. The van der Waals surface area contributed by atoms with Crippen LogP contribution in [-0.4, -0.2) is 9.97 Å². The number of para-hydroxylation sites is 4. The molecule has 278 valence electrons. The SMILES string of the molecule is Cc1cc(C)nc(-c2ccc(N3c4ccc(N(c5ccccc5)c5ccccc5)cc4C(C)(C)c4cc(N(c5ccccc5)c5ccccc5)ccc43)c(C)c2)n1. The van der Waals surface area contributed by atoms with Gasteiger partial charge in [0, 0.05) is 62.2 Å². The molecule has 0 radical (unpaired) electrons. The first-order chi connectivity index (χ1) is 27.8. The molecule has 0 bridgehead atoms. The summed E-state index contributed by atoms with van der Waals surface area (Å²) in [7, 11) is 0. The van der Waals surface area contributed by atoms with Crippen LogP contribution in [0.2, 0.25) is 0 Å². The van der Waals surface area contributed by atoms with Crippen molar-refractivity contribution < 1.29 is 0 Å². The highest BCUT2D eigenvalue weighted by atomic mass is 15.2. The fourth-order valence-corrected chi connectivity index (χ4v) is 8.35. The number of hydrogen-bond donors (Lipinski definition) is 0. The van der Waals surface area contributed by atoms with Crippen LogP contribution in [-0.2, 0) is 5.41 Å². The van der Waals surface area contributed by atoms with Crippen molar-refractivity contribution in [2.45, 2.75) is 40.0 Å². The van der Waals surface area contributed by atoms with E-state index in [1.165, 1.54) is 11.1 Å². The molecule has 5 nitrogen and oxygen atoms in total. The first kappa shape index (κ1) is 35.7. The number of hydrogen-bond acceptors (Lipinski definition) is 5. The standard InChI is InChI=1S/C52H45N5/c1-36-32-39(51-53-37(2)33-38(3)54-51)26-29-48(36)57-49-30-27-44(55(40-18-10-6-11-19-40)41-20-12-7-13-21-41)34-46(49)52(4,5)47-35-45(28-31-50(47)57)56(42-22-14-8-15-23-42)43-24-16-9-17-25-43/h6-35H,1-5H3. The highest BCUT2D eigenvalue weighted by Gasteiger charge is 2.39. The molecule has 0 atom stereocenters. The summed E-state index contributed by atoms with van der Waals surface area (Å²) in [6.07, 6.45) is 0. The van der Waals surface area contributed by atoms with Gasteiger partial charge in [-0.2, -0.15) is 0 Å². The molecule has 0 fully saturated rings. The molecule has 0 saturated heterocycles. The second kappa shape index (κ2) is 14.6. The minimum absolute atomic E-state index is 0.369. The quantitative estimate of drug-likeness (QED) is 0.155. The molecule has 8 aromatic rings. The van der Waals surface area contributed by atoms with Gasteiger partial charge in [-0.15, -0.1) is 0 Å². The predicted octanol–water partition coefficient (Wildman–Crippen LogP) is 14.1. The van der Waals surface area contributed by atoms with E-state index < -0.39 is 0 Å². The molecule has 0 unspecified atom stereocenters. The Hall–Kier alpha value is -6.98. The summed E-state index contributed by atoms with van der Waals surface area (Å²) in [6.45, 7) is 11.0. The summed E-state index contributed by atoms with van der Waals surface area (Å²) in [5, 5.41) is 0. The van der Waals surface area contributed by atoms with Crippen LogP contribution < -0.4 is 14.7 Å². The molecule has 1 aromatic heterocycles. The van der Waals surface area contributed by atoms with Gasteiger partial charge < -0.3 is 14.7 Å². The molecule has 1 aliphatic rings. The lowest BCUT2D eigenvalue weighted by Gasteiger charge is -2.43. The van der Waals surface area contributed by atoms with Crippen LogP contribution in [0.15, 0.2) is 182 Å². The Labute approximate surface area is 336 Å². The lowest BCUT2D eigenvalue weighted by molar-refractivity contribution is 0.632. The summed E-state index contributed by atoms with van der Waals surface area (Å²) in [6, 6.07) is 65.1. The summed E-state index contributed by atoms with van der Waals surface area (Å²) in [4.78, 5) is 16.7. The molecule has 57 heavy (non-hydrogen) atoms. The number of aromatic nitrogens is 2. The van der Waals surface area contributed by atoms with E-state index in [0.29, 0.717) is 0 Å². The van der Waals surface area contributed by atoms with Gasteiger partial charge in [0.2, 0.25) is 0 Å². The van der Waals surface area contributed by atoms with Crippen LogP contribution in [0.3, 0.4) is 0 Å². The molecule has 5 heteroatoms. The number of anilines is 9. The number of rotatable bonds is 8. The molecular weight excluding hydrogens is 695 g/mol. The molecule has 7 aromatic carbocycles. The van der Waals surface area contributed by atoms with Crippen LogP contribution >= 0.6 is 0 Å². The third-order valence-electron chi connectivity index (χ3n) is 11.0. The van der Waals surface area contributed by atoms with E-state index in [1.807, 2.05) is 19.9 Å². The number of aryl methyl sites for hydroxylation is 3. The number of nitrogens with zero attached hydrogens (tertiary/aromatic N) is 5. The van der Waals surface area contributed by atoms with Crippen molar-refractivity contribution in [3.8, 4) is 11.4 Å². The van der Waals surface area contributed by atoms with Gasteiger partial charge in [0.25, 0.3) is 0 Å². The van der Waals surface area contributed by atoms with E-state index in [1.54, 1.807) is 0 Å². The minimum atomic E-state index is -0.369. The smallest absolute Gasteiger partial charge is 0.159 e. The van der Waals surface area contributed by atoms with E-state index in [0.717, 1.165) is 79.5 Å². The second-order valence-corrected chi connectivity index (χ2v) is 15.4. The first-order valence-electron chi connectivity index (χ1n) is 19.6. The normalized spacial score (nSPS) is 12.8. The van der Waals surface area contributed by atoms with Crippen molar-refractivity contribution in [3.05, 3.63) is 210 Å².